The van der Waals surface area contributed by atoms with Crippen LogP contribution < -0.4 is 10.6 Å². The van der Waals surface area contributed by atoms with Crippen molar-refractivity contribution in [3.8, 4) is 0 Å². The maximum Gasteiger partial charge on any atom is 0.243 e. The lowest BCUT2D eigenvalue weighted by molar-refractivity contribution is -0.128. The molecular formula is C24H28FN3O3S. The van der Waals surface area contributed by atoms with Gasteiger partial charge in [0.15, 0.2) is 0 Å². The SMILES string of the molecule is O=C1N[C@@H](C(=O)NCc2ccccc2CN2CCOCC2)CS[C@H]1Cc1ccccc1F. The molecule has 2 aromatic carbocycles. The first-order valence-corrected chi connectivity index (χ1v) is 11.9. The van der Waals surface area contributed by atoms with Crippen LogP contribution in [-0.4, -0.2) is 60.1 Å². The monoisotopic (exact) mass is 457 g/mol. The minimum atomic E-state index is -0.587. The van der Waals surface area contributed by atoms with E-state index in [1.54, 1.807) is 18.2 Å². The van der Waals surface area contributed by atoms with Gasteiger partial charge in [-0.3, -0.25) is 14.5 Å². The van der Waals surface area contributed by atoms with E-state index in [1.807, 2.05) is 18.2 Å². The lowest BCUT2D eigenvalue weighted by Gasteiger charge is -2.29. The van der Waals surface area contributed by atoms with Gasteiger partial charge in [0, 0.05) is 31.9 Å². The molecule has 2 fully saturated rings. The van der Waals surface area contributed by atoms with Crippen LogP contribution in [-0.2, 0) is 33.8 Å². The summed E-state index contributed by atoms with van der Waals surface area (Å²) in [6, 6.07) is 14.0. The largest absolute Gasteiger partial charge is 0.379 e. The molecular weight excluding hydrogens is 429 g/mol. The lowest BCUT2D eigenvalue weighted by Crippen LogP contribution is -2.54. The van der Waals surface area contributed by atoms with Gasteiger partial charge in [-0.25, -0.2) is 4.39 Å². The van der Waals surface area contributed by atoms with E-state index in [4.69, 9.17) is 4.74 Å². The molecule has 2 heterocycles. The molecule has 0 spiro atoms. The van der Waals surface area contributed by atoms with Crippen molar-refractivity contribution in [1.82, 2.24) is 15.5 Å². The Kier molecular flexibility index (Phi) is 7.78. The van der Waals surface area contributed by atoms with Crippen molar-refractivity contribution in [2.45, 2.75) is 30.8 Å². The van der Waals surface area contributed by atoms with Crippen molar-refractivity contribution in [3.05, 3.63) is 71.0 Å². The Morgan fingerprint density at radius 3 is 2.50 bits per heavy atom. The average Bonchev–Trinajstić information content (AvgIpc) is 2.81. The smallest absolute Gasteiger partial charge is 0.243 e. The Morgan fingerprint density at radius 1 is 1.09 bits per heavy atom. The van der Waals surface area contributed by atoms with Gasteiger partial charge < -0.3 is 15.4 Å². The lowest BCUT2D eigenvalue weighted by atomic mass is 10.1. The fraction of sp³-hybridized carbons (Fsp3) is 0.417. The number of nitrogens with zero attached hydrogens (tertiary/aromatic N) is 1. The summed E-state index contributed by atoms with van der Waals surface area (Å²) in [5.74, 6) is -0.267. The fourth-order valence-electron chi connectivity index (χ4n) is 3.94. The van der Waals surface area contributed by atoms with Crippen LogP contribution in [0.15, 0.2) is 48.5 Å². The molecule has 0 unspecified atom stereocenters. The normalized spacial score (nSPS) is 21.7. The number of hydrogen-bond donors (Lipinski definition) is 2. The summed E-state index contributed by atoms with van der Waals surface area (Å²) >= 11 is 1.40. The molecule has 2 aliphatic heterocycles. The summed E-state index contributed by atoms with van der Waals surface area (Å²) in [6.45, 7) is 4.53. The van der Waals surface area contributed by atoms with Gasteiger partial charge >= 0.3 is 0 Å². The Bertz CT molecular complexity index is 952. The van der Waals surface area contributed by atoms with Crippen molar-refractivity contribution in [1.29, 1.82) is 0 Å². The van der Waals surface area contributed by atoms with Crippen molar-refractivity contribution < 1.29 is 18.7 Å². The van der Waals surface area contributed by atoms with Crippen LogP contribution in [0.5, 0.6) is 0 Å². The van der Waals surface area contributed by atoms with Crippen molar-refractivity contribution in [3.63, 3.8) is 0 Å². The number of rotatable bonds is 7. The average molecular weight is 458 g/mol. The zero-order valence-electron chi connectivity index (χ0n) is 17.9. The van der Waals surface area contributed by atoms with Gasteiger partial charge in [0.05, 0.1) is 18.5 Å². The second-order valence-electron chi connectivity index (χ2n) is 8.05. The first-order valence-electron chi connectivity index (χ1n) is 10.9. The van der Waals surface area contributed by atoms with Crippen LogP contribution >= 0.6 is 11.8 Å². The minimum Gasteiger partial charge on any atom is -0.379 e. The molecule has 2 amide bonds. The van der Waals surface area contributed by atoms with Crippen LogP contribution in [0.3, 0.4) is 0 Å². The number of carbonyl (C=O) groups is 2. The maximum atomic E-state index is 13.9. The third-order valence-corrected chi connectivity index (χ3v) is 7.13. The molecule has 2 atom stereocenters. The molecule has 170 valence electrons. The number of ether oxygens (including phenoxy) is 1. The van der Waals surface area contributed by atoms with Gasteiger partial charge in [-0.05, 0) is 29.2 Å². The van der Waals surface area contributed by atoms with E-state index in [1.165, 1.54) is 23.4 Å². The quantitative estimate of drug-likeness (QED) is 0.667. The van der Waals surface area contributed by atoms with Crippen LogP contribution in [0.4, 0.5) is 4.39 Å². The Morgan fingerprint density at radius 2 is 1.78 bits per heavy atom. The molecule has 0 saturated carbocycles. The van der Waals surface area contributed by atoms with Crippen LogP contribution in [0.2, 0.25) is 0 Å². The molecule has 2 aromatic rings. The molecule has 0 bridgehead atoms. The van der Waals surface area contributed by atoms with Crippen molar-refractivity contribution >= 4 is 23.6 Å². The Hall–Kier alpha value is -2.42. The first kappa shape index (κ1) is 22.8. The van der Waals surface area contributed by atoms with E-state index in [0.29, 0.717) is 24.3 Å². The first-order chi connectivity index (χ1) is 15.6. The second kappa shape index (κ2) is 10.9. The minimum absolute atomic E-state index is 0.198. The van der Waals surface area contributed by atoms with Crippen molar-refractivity contribution in [2.24, 2.45) is 0 Å². The number of amides is 2. The van der Waals surface area contributed by atoms with Gasteiger partial charge in [-0.1, -0.05) is 42.5 Å². The standard InChI is InChI=1S/C24H28FN3O3S/c25-20-8-4-3-5-17(20)13-22-24(30)27-21(16-32-22)23(29)26-14-18-6-1-2-7-19(18)15-28-9-11-31-12-10-28/h1-8,21-22H,9-16H2,(H,26,29)(H,27,30)/t21-,22+/m1/s1. The van der Waals surface area contributed by atoms with Gasteiger partial charge in [0.25, 0.3) is 0 Å². The van der Waals surface area contributed by atoms with Gasteiger partial charge in [-0.2, -0.15) is 0 Å². The Labute approximate surface area is 191 Å². The molecule has 2 aliphatic rings. The van der Waals surface area contributed by atoms with E-state index < -0.39 is 11.3 Å². The highest BCUT2D eigenvalue weighted by Crippen LogP contribution is 2.23. The van der Waals surface area contributed by atoms with E-state index in [0.717, 1.165) is 38.4 Å². The number of benzene rings is 2. The summed E-state index contributed by atoms with van der Waals surface area (Å²) in [7, 11) is 0. The van der Waals surface area contributed by atoms with E-state index in [9.17, 15) is 14.0 Å². The fourth-order valence-corrected chi connectivity index (χ4v) is 5.12. The summed E-state index contributed by atoms with van der Waals surface area (Å²) in [4.78, 5) is 27.6. The zero-order chi connectivity index (χ0) is 22.3. The molecule has 0 aliphatic carbocycles. The zero-order valence-corrected chi connectivity index (χ0v) is 18.7. The summed E-state index contributed by atoms with van der Waals surface area (Å²) in [5.41, 5.74) is 2.76. The topological polar surface area (TPSA) is 70.7 Å². The van der Waals surface area contributed by atoms with Crippen LogP contribution in [0.1, 0.15) is 16.7 Å². The summed E-state index contributed by atoms with van der Waals surface area (Å²) in [6.07, 6.45) is 0.312. The number of morpholine rings is 1. The predicted molar refractivity (Wildman–Crippen MR) is 123 cm³/mol. The van der Waals surface area contributed by atoms with Gasteiger partial charge in [0.1, 0.15) is 11.9 Å². The van der Waals surface area contributed by atoms with Crippen LogP contribution in [0, 0.1) is 5.82 Å². The molecule has 2 saturated heterocycles. The van der Waals surface area contributed by atoms with Crippen molar-refractivity contribution in [2.75, 3.05) is 32.1 Å². The number of hydrogen-bond acceptors (Lipinski definition) is 5. The molecule has 6 nitrogen and oxygen atoms in total. The highest BCUT2D eigenvalue weighted by atomic mass is 32.2. The van der Waals surface area contributed by atoms with Gasteiger partial charge in [0.2, 0.25) is 11.8 Å². The maximum absolute atomic E-state index is 13.9. The molecule has 4 rings (SSSR count). The molecule has 0 radical (unpaired) electrons. The highest BCUT2D eigenvalue weighted by Gasteiger charge is 2.32. The third-order valence-electron chi connectivity index (χ3n) is 5.82. The van der Waals surface area contributed by atoms with Gasteiger partial charge in [-0.15, -0.1) is 11.8 Å². The van der Waals surface area contributed by atoms with E-state index in [2.05, 4.69) is 21.6 Å². The van der Waals surface area contributed by atoms with E-state index in [-0.39, 0.29) is 17.6 Å². The number of halogens is 1. The molecule has 32 heavy (non-hydrogen) atoms. The summed E-state index contributed by atoms with van der Waals surface area (Å²) < 4.78 is 19.3. The Balaban J connectivity index is 1.29. The van der Waals surface area contributed by atoms with E-state index >= 15 is 0 Å². The number of nitrogens with one attached hydrogen (secondary N) is 2. The third kappa shape index (κ3) is 5.88. The number of carbonyl (C=O) groups excluding carboxylic acids is 2. The predicted octanol–water partition coefficient (Wildman–Crippen LogP) is 2.12. The molecule has 0 aromatic heterocycles. The number of thioether (sulfide) groups is 1. The molecule has 8 heteroatoms. The highest BCUT2D eigenvalue weighted by molar-refractivity contribution is 8.00. The second-order valence-corrected chi connectivity index (χ2v) is 9.29. The van der Waals surface area contributed by atoms with Crippen LogP contribution in [0.25, 0.3) is 0 Å². The summed E-state index contributed by atoms with van der Waals surface area (Å²) in [5, 5.41) is 5.38. The molecule has 2 N–H and O–H groups in total.